The van der Waals surface area contributed by atoms with Gasteiger partial charge in [0, 0.05) is 6.54 Å². The molecule has 0 unspecified atom stereocenters. The summed E-state index contributed by atoms with van der Waals surface area (Å²) in [6.45, 7) is 0.533. The first-order chi connectivity index (χ1) is 7.16. The lowest BCUT2D eigenvalue weighted by atomic mass is 10.1. The number of hydrogen-bond acceptors (Lipinski definition) is 2. The van der Waals surface area contributed by atoms with Crippen LogP contribution < -0.4 is 10.6 Å². The number of amides is 2. The molecule has 0 saturated carbocycles. The second-order valence-corrected chi connectivity index (χ2v) is 3.33. The molecule has 2 rings (SSSR count). The monoisotopic (exact) mass is 206 g/mol. The molecule has 15 heavy (non-hydrogen) atoms. The molecule has 1 aromatic rings. The van der Waals surface area contributed by atoms with Crippen molar-refractivity contribution in [2.24, 2.45) is 0 Å². The molecule has 1 aromatic carbocycles. The minimum absolute atomic E-state index is 0.0691. The summed E-state index contributed by atoms with van der Waals surface area (Å²) < 4.78 is 0. The van der Waals surface area contributed by atoms with Gasteiger partial charge in [-0.15, -0.1) is 0 Å². The van der Waals surface area contributed by atoms with Gasteiger partial charge in [-0.05, 0) is 17.7 Å². The Bertz CT molecular complexity index is 400. The number of carbonyl (C=O) groups is 2. The predicted octanol–water partition coefficient (Wildman–Crippen LogP) is 0.739. The topological polar surface area (TPSA) is 78.4 Å². The normalized spacial score (nSPS) is 19.5. The van der Waals surface area contributed by atoms with Crippen molar-refractivity contribution in [1.29, 1.82) is 0 Å². The number of nitrogens with one attached hydrogen (secondary N) is 2. The first-order valence-electron chi connectivity index (χ1n) is 4.54. The molecule has 1 aliphatic heterocycles. The third-order valence-electron chi connectivity index (χ3n) is 2.33. The van der Waals surface area contributed by atoms with Crippen LogP contribution in [0.25, 0.3) is 0 Å². The van der Waals surface area contributed by atoms with E-state index in [2.05, 4.69) is 10.6 Å². The number of urea groups is 1. The lowest BCUT2D eigenvalue weighted by Gasteiger charge is -2.08. The molecule has 5 nitrogen and oxygen atoms in total. The van der Waals surface area contributed by atoms with Crippen LogP contribution in [0, 0.1) is 0 Å². The van der Waals surface area contributed by atoms with Gasteiger partial charge in [-0.3, -0.25) is 0 Å². The third-order valence-corrected chi connectivity index (χ3v) is 2.33. The second-order valence-electron chi connectivity index (χ2n) is 3.33. The van der Waals surface area contributed by atoms with Crippen molar-refractivity contribution in [3.63, 3.8) is 0 Å². The minimum Gasteiger partial charge on any atom is -0.478 e. The molecule has 0 aliphatic carbocycles. The molecule has 5 heteroatoms. The lowest BCUT2D eigenvalue weighted by molar-refractivity contribution is 0.0697. The average Bonchev–Trinajstić information content (AvgIpc) is 2.65. The molecule has 0 radical (unpaired) electrons. The molecule has 1 heterocycles. The van der Waals surface area contributed by atoms with Crippen LogP contribution in [-0.4, -0.2) is 23.7 Å². The van der Waals surface area contributed by atoms with E-state index >= 15 is 0 Å². The van der Waals surface area contributed by atoms with Gasteiger partial charge < -0.3 is 15.7 Å². The Labute approximate surface area is 86.1 Å². The van der Waals surface area contributed by atoms with Crippen LogP contribution in [0.3, 0.4) is 0 Å². The fraction of sp³-hybridized carbons (Fsp3) is 0.200. The van der Waals surface area contributed by atoms with Crippen LogP contribution in [-0.2, 0) is 0 Å². The van der Waals surface area contributed by atoms with E-state index in [-0.39, 0.29) is 17.6 Å². The maximum Gasteiger partial charge on any atom is 0.335 e. The number of benzene rings is 1. The maximum absolute atomic E-state index is 10.9. The largest absolute Gasteiger partial charge is 0.478 e. The van der Waals surface area contributed by atoms with Gasteiger partial charge >= 0.3 is 12.0 Å². The molecule has 3 N–H and O–H groups in total. The lowest BCUT2D eigenvalue weighted by Crippen LogP contribution is -2.21. The first-order valence-corrected chi connectivity index (χ1v) is 4.54. The Balaban J connectivity index is 2.17. The summed E-state index contributed by atoms with van der Waals surface area (Å²) in [6.07, 6.45) is 0. The van der Waals surface area contributed by atoms with E-state index < -0.39 is 5.97 Å². The fourth-order valence-corrected chi connectivity index (χ4v) is 1.51. The van der Waals surface area contributed by atoms with Crippen LogP contribution in [0.4, 0.5) is 4.79 Å². The Hall–Kier alpha value is -2.04. The zero-order valence-corrected chi connectivity index (χ0v) is 7.86. The van der Waals surface area contributed by atoms with Crippen molar-refractivity contribution in [3.8, 4) is 0 Å². The van der Waals surface area contributed by atoms with E-state index in [0.29, 0.717) is 6.54 Å². The highest BCUT2D eigenvalue weighted by atomic mass is 16.4. The summed E-state index contributed by atoms with van der Waals surface area (Å²) in [5.41, 5.74) is 1.15. The molecular formula is C10H10N2O3. The number of hydrogen-bond donors (Lipinski definition) is 3. The van der Waals surface area contributed by atoms with E-state index in [9.17, 15) is 9.59 Å². The highest BCUT2D eigenvalue weighted by molar-refractivity contribution is 5.87. The summed E-state index contributed by atoms with van der Waals surface area (Å²) in [6, 6.07) is 6.22. The van der Waals surface area contributed by atoms with Gasteiger partial charge in [0.05, 0.1) is 11.6 Å². The standard InChI is InChI=1S/C10H10N2O3/c13-9(14)7-3-1-6(2-4-7)8-5-11-10(15)12-8/h1-4,8H,5H2,(H,13,14)(H2,11,12,15)/t8-/m1/s1. The first kappa shape index (κ1) is 9.51. The van der Waals surface area contributed by atoms with Crippen LogP contribution in [0.2, 0.25) is 0 Å². The van der Waals surface area contributed by atoms with Gasteiger partial charge in [0.1, 0.15) is 0 Å². The molecular weight excluding hydrogens is 196 g/mol. The molecule has 1 atom stereocenters. The van der Waals surface area contributed by atoms with E-state index in [1.165, 1.54) is 12.1 Å². The summed E-state index contributed by atoms with van der Waals surface area (Å²) in [7, 11) is 0. The smallest absolute Gasteiger partial charge is 0.335 e. The van der Waals surface area contributed by atoms with Crippen molar-refractivity contribution in [2.75, 3.05) is 6.54 Å². The van der Waals surface area contributed by atoms with Gasteiger partial charge in [-0.2, -0.15) is 0 Å². The number of carbonyl (C=O) groups excluding carboxylic acids is 1. The highest BCUT2D eigenvalue weighted by Crippen LogP contribution is 2.15. The number of carboxylic acid groups (broad SMARTS) is 1. The zero-order valence-electron chi connectivity index (χ0n) is 7.86. The molecule has 1 fully saturated rings. The highest BCUT2D eigenvalue weighted by Gasteiger charge is 2.21. The van der Waals surface area contributed by atoms with Crippen molar-refractivity contribution >= 4 is 12.0 Å². The summed E-state index contributed by atoms with van der Waals surface area (Å²) in [5.74, 6) is -0.949. The molecule has 1 aliphatic rings. The van der Waals surface area contributed by atoms with Crippen LogP contribution in [0.5, 0.6) is 0 Å². The molecule has 2 amide bonds. The Morgan fingerprint density at radius 1 is 1.33 bits per heavy atom. The fourth-order valence-electron chi connectivity index (χ4n) is 1.51. The summed E-state index contributed by atoms with van der Waals surface area (Å²) >= 11 is 0. The average molecular weight is 206 g/mol. The van der Waals surface area contributed by atoms with Gasteiger partial charge in [0.2, 0.25) is 0 Å². The Morgan fingerprint density at radius 2 is 2.00 bits per heavy atom. The van der Waals surface area contributed by atoms with E-state index in [0.717, 1.165) is 5.56 Å². The summed E-state index contributed by atoms with van der Waals surface area (Å²) in [5, 5.41) is 14.1. The molecule has 0 aromatic heterocycles. The Morgan fingerprint density at radius 3 is 2.47 bits per heavy atom. The molecule has 0 spiro atoms. The number of aromatic carboxylic acids is 1. The summed E-state index contributed by atoms with van der Waals surface area (Å²) in [4.78, 5) is 21.5. The van der Waals surface area contributed by atoms with E-state index in [1.54, 1.807) is 12.1 Å². The molecule has 1 saturated heterocycles. The van der Waals surface area contributed by atoms with Gasteiger partial charge in [-0.1, -0.05) is 12.1 Å². The molecule has 78 valence electrons. The van der Waals surface area contributed by atoms with Crippen molar-refractivity contribution in [1.82, 2.24) is 10.6 Å². The maximum atomic E-state index is 10.9. The van der Waals surface area contributed by atoms with Crippen molar-refractivity contribution in [3.05, 3.63) is 35.4 Å². The quantitative estimate of drug-likeness (QED) is 0.667. The SMILES string of the molecule is O=C1NC[C@H](c2ccc(C(=O)O)cc2)N1. The zero-order chi connectivity index (χ0) is 10.8. The van der Waals surface area contributed by atoms with E-state index in [4.69, 9.17) is 5.11 Å². The number of rotatable bonds is 2. The number of carboxylic acids is 1. The van der Waals surface area contributed by atoms with Crippen molar-refractivity contribution in [2.45, 2.75) is 6.04 Å². The van der Waals surface area contributed by atoms with Crippen LogP contribution in [0.1, 0.15) is 22.0 Å². The van der Waals surface area contributed by atoms with Gasteiger partial charge in [0.15, 0.2) is 0 Å². The van der Waals surface area contributed by atoms with Crippen LogP contribution in [0.15, 0.2) is 24.3 Å². The second kappa shape index (κ2) is 3.61. The Kier molecular flexibility index (Phi) is 2.29. The van der Waals surface area contributed by atoms with Crippen molar-refractivity contribution < 1.29 is 14.7 Å². The predicted molar refractivity (Wildman–Crippen MR) is 52.7 cm³/mol. The van der Waals surface area contributed by atoms with Gasteiger partial charge in [0.25, 0.3) is 0 Å². The molecule has 0 bridgehead atoms. The van der Waals surface area contributed by atoms with E-state index in [1.807, 2.05) is 0 Å². The third kappa shape index (κ3) is 1.90. The minimum atomic E-state index is -0.949. The van der Waals surface area contributed by atoms with Crippen LogP contribution >= 0.6 is 0 Å². The van der Waals surface area contributed by atoms with Gasteiger partial charge in [-0.25, -0.2) is 9.59 Å².